The first kappa shape index (κ1) is 17.6. The lowest BCUT2D eigenvalue weighted by atomic mass is 10.2. The quantitative estimate of drug-likeness (QED) is 0.793. The predicted octanol–water partition coefficient (Wildman–Crippen LogP) is 4.88. The molecular weight excluding hydrogens is 353 g/mol. The highest BCUT2D eigenvalue weighted by molar-refractivity contribution is 7.15. The van der Waals surface area contributed by atoms with Gasteiger partial charge in [0.25, 0.3) is 0 Å². The summed E-state index contributed by atoms with van der Waals surface area (Å²) in [5, 5.41) is 12.0. The van der Waals surface area contributed by atoms with Gasteiger partial charge in [-0.05, 0) is 31.5 Å². The number of aliphatic carboxylic acids is 1. The van der Waals surface area contributed by atoms with Crippen molar-refractivity contribution in [1.29, 1.82) is 0 Å². The average molecular weight is 365 g/mol. The number of carboxylic acids is 1. The van der Waals surface area contributed by atoms with Crippen molar-refractivity contribution in [3.05, 3.63) is 39.4 Å². The molecule has 0 saturated carbocycles. The van der Waals surface area contributed by atoms with Crippen molar-refractivity contribution in [2.45, 2.75) is 25.9 Å². The van der Waals surface area contributed by atoms with Gasteiger partial charge in [-0.15, -0.1) is 11.3 Å². The third-order valence-corrected chi connectivity index (χ3v) is 4.46. The Bertz CT molecular complexity index is 731. The number of nitrogens with zero attached hydrogens (tertiary/aromatic N) is 1. The third kappa shape index (κ3) is 4.59. The van der Waals surface area contributed by atoms with Crippen molar-refractivity contribution in [2.24, 2.45) is 0 Å². The Labute approximate surface area is 138 Å². The second-order valence-corrected chi connectivity index (χ2v) is 6.23. The minimum atomic E-state index is -4.47. The van der Waals surface area contributed by atoms with Gasteiger partial charge in [-0.3, -0.25) is 4.79 Å². The van der Waals surface area contributed by atoms with Crippen molar-refractivity contribution in [3.63, 3.8) is 0 Å². The highest BCUT2D eigenvalue weighted by Crippen LogP contribution is 2.36. The summed E-state index contributed by atoms with van der Waals surface area (Å²) in [7, 11) is 0. The van der Waals surface area contributed by atoms with Gasteiger partial charge in [-0.25, -0.2) is 4.98 Å². The second kappa shape index (κ2) is 6.76. The Kier molecular flexibility index (Phi) is 5.16. The second-order valence-electron chi connectivity index (χ2n) is 4.74. The lowest BCUT2D eigenvalue weighted by molar-refractivity contribution is -0.138. The van der Waals surface area contributed by atoms with Crippen LogP contribution in [0.3, 0.4) is 0 Å². The Morgan fingerprint density at radius 1 is 1.43 bits per heavy atom. The van der Waals surface area contributed by atoms with E-state index in [9.17, 15) is 18.0 Å². The van der Waals surface area contributed by atoms with E-state index in [0.717, 1.165) is 17.0 Å². The van der Waals surface area contributed by atoms with Gasteiger partial charge in [0.1, 0.15) is 0 Å². The van der Waals surface area contributed by atoms with Gasteiger partial charge in [0, 0.05) is 4.88 Å². The molecule has 0 aliphatic carbocycles. The minimum absolute atomic E-state index is 0.0349. The van der Waals surface area contributed by atoms with Crippen LogP contribution in [0.1, 0.15) is 22.6 Å². The summed E-state index contributed by atoms with van der Waals surface area (Å²) in [6, 6.07) is 2.98. The first-order valence-electron chi connectivity index (χ1n) is 6.48. The number of rotatable bonds is 5. The van der Waals surface area contributed by atoms with Crippen molar-refractivity contribution < 1.29 is 23.1 Å². The molecule has 0 saturated heterocycles. The standard InChI is InChI=1S/C14H12ClF3N2O2S/c1-7-11(4-5-12(21)22)23-13(19-7)20-10-6-8(14(16,17)18)2-3-9(10)15/h2-3,6H,4-5H2,1H3,(H,19,20)(H,21,22). The predicted molar refractivity (Wildman–Crippen MR) is 82.5 cm³/mol. The van der Waals surface area contributed by atoms with Crippen LogP contribution in [-0.2, 0) is 17.4 Å². The van der Waals surface area contributed by atoms with E-state index in [-0.39, 0.29) is 17.1 Å². The molecule has 0 aliphatic heterocycles. The third-order valence-electron chi connectivity index (χ3n) is 2.99. The van der Waals surface area contributed by atoms with Crippen LogP contribution >= 0.6 is 22.9 Å². The summed E-state index contributed by atoms with van der Waals surface area (Å²) in [6.45, 7) is 1.71. The maximum atomic E-state index is 12.7. The summed E-state index contributed by atoms with van der Waals surface area (Å²) < 4.78 is 38.2. The van der Waals surface area contributed by atoms with Gasteiger partial charge < -0.3 is 10.4 Å². The van der Waals surface area contributed by atoms with Crippen LogP contribution in [0.5, 0.6) is 0 Å². The highest BCUT2D eigenvalue weighted by atomic mass is 35.5. The molecule has 1 heterocycles. The number of alkyl halides is 3. The Morgan fingerprint density at radius 3 is 2.74 bits per heavy atom. The number of benzene rings is 1. The Hall–Kier alpha value is -1.80. The van der Waals surface area contributed by atoms with Crippen LogP contribution in [0.25, 0.3) is 0 Å². The van der Waals surface area contributed by atoms with E-state index < -0.39 is 17.7 Å². The van der Waals surface area contributed by atoms with Crippen LogP contribution in [0.15, 0.2) is 18.2 Å². The lowest BCUT2D eigenvalue weighted by Crippen LogP contribution is -2.05. The van der Waals surface area contributed by atoms with E-state index >= 15 is 0 Å². The number of hydrogen-bond donors (Lipinski definition) is 2. The van der Waals surface area contributed by atoms with E-state index in [0.29, 0.717) is 17.2 Å². The summed E-state index contributed by atoms with van der Waals surface area (Å²) in [5.74, 6) is -0.923. The molecule has 2 rings (SSSR count). The molecule has 4 nitrogen and oxygen atoms in total. The van der Waals surface area contributed by atoms with Gasteiger partial charge in [0.05, 0.1) is 28.4 Å². The van der Waals surface area contributed by atoms with Gasteiger partial charge in [0.2, 0.25) is 0 Å². The van der Waals surface area contributed by atoms with Crippen molar-refractivity contribution >= 4 is 39.7 Å². The molecule has 0 unspecified atom stereocenters. The van der Waals surface area contributed by atoms with E-state index in [1.54, 1.807) is 6.92 Å². The smallest absolute Gasteiger partial charge is 0.416 e. The number of carbonyl (C=O) groups is 1. The summed E-state index contributed by atoms with van der Waals surface area (Å²) >= 11 is 7.11. The number of aryl methyl sites for hydroxylation is 2. The van der Waals surface area contributed by atoms with E-state index in [1.807, 2.05) is 0 Å². The zero-order chi connectivity index (χ0) is 17.2. The normalized spacial score (nSPS) is 11.5. The molecule has 9 heteroatoms. The van der Waals surface area contributed by atoms with Crippen LogP contribution in [0, 0.1) is 6.92 Å². The number of nitrogens with one attached hydrogen (secondary N) is 1. The fourth-order valence-electron chi connectivity index (χ4n) is 1.85. The van der Waals surface area contributed by atoms with Crippen molar-refractivity contribution in [3.8, 4) is 0 Å². The van der Waals surface area contributed by atoms with E-state index in [4.69, 9.17) is 16.7 Å². The molecule has 0 amide bonds. The minimum Gasteiger partial charge on any atom is -0.481 e. The van der Waals surface area contributed by atoms with E-state index in [2.05, 4.69) is 10.3 Å². The molecule has 0 fully saturated rings. The number of carboxylic acid groups (broad SMARTS) is 1. The molecule has 0 spiro atoms. The molecule has 0 atom stereocenters. The Balaban J connectivity index is 2.22. The topological polar surface area (TPSA) is 62.2 Å². The fourth-order valence-corrected chi connectivity index (χ4v) is 2.99. The number of hydrogen-bond acceptors (Lipinski definition) is 4. The van der Waals surface area contributed by atoms with Crippen LogP contribution in [0.2, 0.25) is 5.02 Å². The van der Waals surface area contributed by atoms with Crippen molar-refractivity contribution in [1.82, 2.24) is 4.98 Å². The number of anilines is 2. The zero-order valence-electron chi connectivity index (χ0n) is 11.9. The van der Waals surface area contributed by atoms with Crippen LogP contribution in [-0.4, -0.2) is 16.1 Å². The first-order valence-corrected chi connectivity index (χ1v) is 7.68. The van der Waals surface area contributed by atoms with Gasteiger partial charge in [-0.2, -0.15) is 13.2 Å². The molecule has 2 aromatic rings. The SMILES string of the molecule is Cc1nc(Nc2cc(C(F)(F)F)ccc2Cl)sc1CCC(=O)O. The molecule has 23 heavy (non-hydrogen) atoms. The maximum Gasteiger partial charge on any atom is 0.416 e. The van der Waals surface area contributed by atoms with Crippen molar-refractivity contribution in [2.75, 3.05) is 5.32 Å². The fraction of sp³-hybridized carbons (Fsp3) is 0.286. The number of aromatic nitrogens is 1. The monoisotopic (exact) mass is 364 g/mol. The zero-order valence-corrected chi connectivity index (χ0v) is 13.4. The first-order chi connectivity index (χ1) is 10.7. The molecule has 0 radical (unpaired) electrons. The van der Waals surface area contributed by atoms with Gasteiger partial charge in [-0.1, -0.05) is 11.6 Å². The van der Waals surface area contributed by atoms with Gasteiger partial charge >= 0.3 is 12.1 Å². The molecule has 1 aromatic heterocycles. The molecule has 2 N–H and O–H groups in total. The van der Waals surface area contributed by atoms with Crippen LogP contribution in [0.4, 0.5) is 24.0 Å². The molecule has 0 aliphatic rings. The molecular formula is C14H12ClF3N2O2S. The molecule has 124 valence electrons. The Morgan fingerprint density at radius 2 is 2.13 bits per heavy atom. The largest absolute Gasteiger partial charge is 0.481 e. The average Bonchev–Trinajstić information content (AvgIpc) is 2.77. The van der Waals surface area contributed by atoms with Gasteiger partial charge in [0.15, 0.2) is 5.13 Å². The number of thiazole rings is 1. The summed E-state index contributed by atoms with van der Waals surface area (Å²) in [5.41, 5.74) is -0.0781. The molecule has 1 aromatic carbocycles. The van der Waals surface area contributed by atoms with Crippen LogP contribution < -0.4 is 5.32 Å². The number of halogens is 4. The molecule has 0 bridgehead atoms. The highest BCUT2D eigenvalue weighted by Gasteiger charge is 2.31. The maximum absolute atomic E-state index is 12.7. The lowest BCUT2D eigenvalue weighted by Gasteiger charge is -2.10. The summed E-state index contributed by atoms with van der Waals surface area (Å²) in [6.07, 6.45) is -4.18. The summed E-state index contributed by atoms with van der Waals surface area (Å²) in [4.78, 5) is 15.6. The van der Waals surface area contributed by atoms with E-state index in [1.165, 1.54) is 17.4 Å².